The molecule has 1 aliphatic rings. The maximum Gasteiger partial charge on any atom is 0.330 e. The minimum absolute atomic E-state index is 0.275. The molecule has 16 heavy (non-hydrogen) atoms. The standard InChI is InChI=1S/C9H11N3O3S/c13-7(6-1-3-10-12-6)11-9(8(14)15)2-4-16-5-9/h1,3H,2,4-5H2,(H,10,12)(H,11,13)(H,14,15). The fourth-order valence-electron chi connectivity index (χ4n) is 1.55. The van der Waals surface area contributed by atoms with Gasteiger partial charge in [0.2, 0.25) is 0 Å². The van der Waals surface area contributed by atoms with Crippen molar-refractivity contribution in [3.8, 4) is 0 Å². The van der Waals surface area contributed by atoms with Crippen molar-refractivity contribution in [2.24, 2.45) is 0 Å². The molecule has 0 saturated carbocycles. The lowest BCUT2D eigenvalue weighted by Crippen LogP contribution is -2.54. The summed E-state index contributed by atoms with van der Waals surface area (Å²) < 4.78 is 0. The maximum absolute atomic E-state index is 11.7. The summed E-state index contributed by atoms with van der Waals surface area (Å²) in [5.74, 6) is -0.259. The maximum atomic E-state index is 11.7. The number of carboxylic acid groups (broad SMARTS) is 1. The molecule has 0 spiro atoms. The number of amides is 1. The lowest BCUT2D eigenvalue weighted by molar-refractivity contribution is -0.143. The van der Waals surface area contributed by atoms with Gasteiger partial charge in [0.1, 0.15) is 11.2 Å². The van der Waals surface area contributed by atoms with Crippen molar-refractivity contribution in [1.29, 1.82) is 0 Å². The Morgan fingerprint density at radius 1 is 1.62 bits per heavy atom. The molecule has 1 aromatic rings. The van der Waals surface area contributed by atoms with Crippen LogP contribution in [0.1, 0.15) is 16.9 Å². The second-order valence-electron chi connectivity index (χ2n) is 3.61. The smallest absolute Gasteiger partial charge is 0.330 e. The second-order valence-corrected chi connectivity index (χ2v) is 4.72. The summed E-state index contributed by atoms with van der Waals surface area (Å²) in [7, 11) is 0. The average molecular weight is 241 g/mol. The van der Waals surface area contributed by atoms with E-state index in [4.69, 9.17) is 5.11 Å². The van der Waals surface area contributed by atoms with Crippen molar-refractivity contribution in [2.75, 3.05) is 11.5 Å². The first-order valence-electron chi connectivity index (χ1n) is 4.77. The van der Waals surface area contributed by atoms with Gasteiger partial charge in [-0.05, 0) is 18.2 Å². The molecule has 0 aromatic carbocycles. The molecule has 0 aliphatic carbocycles. The van der Waals surface area contributed by atoms with Crippen LogP contribution in [0.25, 0.3) is 0 Å². The van der Waals surface area contributed by atoms with Gasteiger partial charge >= 0.3 is 5.97 Å². The van der Waals surface area contributed by atoms with Crippen LogP contribution in [-0.2, 0) is 4.79 Å². The molecule has 6 nitrogen and oxygen atoms in total. The Kier molecular flexibility index (Phi) is 2.86. The van der Waals surface area contributed by atoms with Gasteiger partial charge in [0.25, 0.3) is 5.91 Å². The Bertz CT molecular complexity index is 398. The third kappa shape index (κ3) is 1.90. The number of thioether (sulfide) groups is 1. The SMILES string of the molecule is O=C(NC1(C(=O)O)CCSC1)c1ccn[nH]1. The Morgan fingerprint density at radius 3 is 2.94 bits per heavy atom. The third-order valence-electron chi connectivity index (χ3n) is 2.53. The van der Waals surface area contributed by atoms with Crippen LogP contribution in [0, 0.1) is 0 Å². The molecule has 1 atom stereocenters. The molecule has 1 aromatic heterocycles. The van der Waals surface area contributed by atoms with Crippen LogP contribution in [-0.4, -0.2) is 44.2 Å². The number of rotatable bonds is 3. The van der Waals surface area contributed by atoms with Gasteiger partial charge in [-0.1, -0.05) is 0 Å². The number of carbonyl (C=O) groups excluding carboxylic acids is 1. The van der Waals surface area contributed by atoms with Crippen LogP contribution in [0.4, 0.5) is 0 Å². The number of aliphatic carboxylic acids is 1. The predicted molar refractivity (Wildman–Crippen MR) is 58.4 cm³/mol. The van der Waals surface area contributed by atoms with Crippen LogP contribution >= 0.6 is 11.8 Å². The molecule has 1 saturated heterocycles. The highest BCUT2D eigenvalue weighted by Crippen LogP contribution is 2.28. The van der Waals surface area contributed by atoms with Gasteiger partial charge < -0.3 is 10.4 Å². The van der Waals surface area contributed by atoms with Crippen molar-refractivity contribution in [2.45, 2.75) is 12.0 Å². The zero-order chi connectivity index (χ0) is 11.6. The number of nitrogens with one attached hydrogen (secondary N) is 2. The van der Waals surface area contributed by atoms with Gasteiger partial charge in [0.15, 0.2) is 0 Å². The van der Waals surface area contributed by atoms with Gasteiger partial charge in [0.05, 0.1) is 0 Å². The monoisotopic (exact) mass is 241 g/mol. The van der Waals surface area contributed by atoms with E-state index in [9.17, 15) is 9.59 Å². The topological polar surface area (TPSA) is 95.1 Å². The number of nitrogens with zero attached hydrogens (tertiary/aromatic N) is 1. The van der Waals surface area contributed by atoms with E-state index in [1.807, 2.05) is 0 Å². The van der Waals surface area contributed by atoms with Gasteiger partial charge in [-0.2, -0.15) is 16.9 Å². The van der Waals surface area contributed by atoms with E-state index in [1.54, 1.807) is 0 Å². The highest BCUT2D eigenvalue weighted by molar-refractivity contribution is 7.99. The highest BCUT2D eigenvalue weighted by atomic mass is 32.2. The van der Waals surface area contributed by atoms with Gasteiger partial charge in [0, 0.05) is 11.9 Å². The average Bonchev–Trinajstić information content (AvgIpc) is 2.88. The molecule has 0 radical (unpaired) electrons. The van der Waals surface area contributed by atoms with Crippen LogP contribution in [0.15, 0.2) is 12.3 Å². The van der Waals surface area contributed by atoms with Crippen LogP contribution in [0.2, 0.25) is 0 Å². The summed E-state index contributed by atoms with van der Waals surface area (Å²) in [6.45, 7) is 0. The van der Waals surface area contributed by atoms with E-state index in [0.717, 1.165) is 5.75 Å². The summed E-state index contributed by atoms with van der Waals surface area (Å²) in [6, 6.07) is 1.51. The minimum Gasteiger partial charge on any atom is -0.479 e. The largest absolute Gasteiger partial charge is 0.479 e. The van der Waals surface area contributed by atoms with Crippen molar-refractivity contribution in [3.05, 3.63) is 18.0 Å². The number of aromatic amines is 1. The number of H-pyrrole nitrogens is 1. The number of carbonyl (C=O) groups is 2. The predicted octanol–water partition coefficient (Wildman–Crippen LogP) is 0.0998. The van der Waals surface area contributed by atoms with E-state index in [-0.39, 0.29) is 5.69 Å². The van der Waals surface area contributed by atoms with E-state index in [1.165, 1.54) is 24.0 Å². The minimum atomic E-state index is -1.13. The molecular weight excluding hydrogens is 230 g/mol. The number of aromatic nitrogens is 2. The Balaban J connectivity index is 2.13. The van der Waals surface area contributed by atoms with E-state index in [0.29, 0.717) is 12.2 Å². The molecule has 3 N–H and O–H groups in total. The third-order valence-corrected chi connectivity index (χ3v) is 3.72. The first kappa shape index (κ1) is 11.0. The van der Waals surface area contributed by atoms with Crippen molar-refractivity contribution < 1.29 is 14.7 Å². The Labute approximate surface area is 95.8 Å². The normalized spacial score (nSPS) is 24.2. The first-order chi connectivity index (χ1) is 7.64. The molecule has 2 rings (SSSR count). The summed E-state index contributed by atoms with van der Waals surface area (Å²) in [5, 5.41) is 17.9. The lowest BCUT2D eigenvalue weighted by atomic mass is 9.99. The van der Waals surface area contributed by atoms with Crippen LogP contribution in [0.5, 0.6) is 0 Å². The Hall–Kier alpha value is -1.50. The summed E-state index contributed by atoms with van der Waals surface area (Å²) in [5.41, 5.74) is -0.857. The van der Waals surface area contributed by atoms with E-state index >= 15 is 0 Å². The van der Waals surface area contributed by atoms with Crippen LogP contribution < -0.4 is 5.32 Å². The molecule has 1 unspecified atom stereocenters. The molecule has 0 bridgehead atoms. The van der Waals surface area contributed by atoms with Crippen molar-refractivity contribution >= 4 is 23.6 Å². The molecule has 2 heterocycles. The molecule has 1 fully saturated rings. The van der Waals surface area contributed by atoms with Crippen molar-refractivity contribution in [1.82, 2.24) is 15.5 Å². The molecule has 1 amide bonds. The highest BCUT2D eigenvalue weighted by Gasteiger charge is 2.43. The molecular formula is C9H11N3O3S. The number of hydrogen-bond donors (Lipinski definition) is 3. The quantitative estimate of drug-likeness (QED) is 0.697. The fourth-order valence-corrected chi connectivity index (χ4v) is 2.88. The number of carboxylic acids is 1. The van der Waals surface area contributed by atoms with Gasteiger partial charge in [-0.25, -0.2) is 4.79 Å². The zero-order valence-corrected chi connectivity index (χ0v) is 9.21. The molecule has 86 valence electrons. The van der Waals surface area contributed by atoms with Gasteiger partial charge in [-0.15, -0.1) is 0 Å². The zero-order valence-electron chi connectivity index (χ0n) is 8.40. The Morgan fingerprint density at radius 2 is 2.44 bits per heavy atom. The lowest BCUT2D eigenvalue weighted by Gasteiger charge is -2.23. The summed E-state index contributed by atoms with van der Waals surface area (Å²) in [6.07, 6.45) is 1.90. The first-order valence-corrected chi connectivity index (χ1v) is 5.92. The summed E-state index contributed by atoms with van der Waals surface area (Å²) >= 11 is 1.53. The fraction of sp³-hybridized carbons (Fsp3) is 0.444. The second kappa shape index (κ2) is 4.17. The van der Waals surface area contributed by atoms with E-state index in [2.05, 4.69) is 15.5 Å². The molecule has 7 heteroatoms. The van der Waals surface area contributed by atoms with Crippen LogP contribution in [0.3, 0.4) is 0 Å². The van der Waals surface area contributed by atoms with E-state index < -0.39 is 17.4 Å². The molecule has 1 aliphatic heterocycles. The number of hydrogen-bond acceptors (Lipinski definition) is 4. The van der Waals surface area contributed by atoms with Gasteiger partial charge in [-0.3, -0.25) is 9.89 Å². The van der Waals surface area contributed by atoms with Crippen molar-refractivity contribution in [3.63, 3.8) is 0 Å². The summed E-state index contributed by atoms with van der Waals surface area (Å²) in [4.78, 5) is 22.9.